The van der Waals surface area contributed by atoms with Gasteiger partial charge in [-0.15, -0.1) is 11.8 Å². The van der Waals surface area contributed by atoms with Gasteiger partial charge in [0.25, 0.3) is 0 Å². The van der Waals surface area contributed by atoms with Gasteiger partial charge in [0.05, 0.1) is 12.0 Å². The highest BCUT2D eigenvalue weighted by atomic mass is 32.2. The Morgan fingerprint density at radius 3 is 2.84 bits per heavy atom. The fraction of sp³-hybridized carbons (Fsp3) is 0.0588. The molecule has 0 saturated heterocycles. The second-order valence-corrected chi connectivity index (χ2v) is 6.24. The summed E-state index contributed by atoms with van der Waals surface area (Å²) in [6, 6.07) is 10.6. The molecule has 126 valence electrons. The van der Waals surface area contributed by atoms with E-state index in [1.165, 1.54) is 29.0 Å². The molecule has 0 fully saturated rings. The second kappa shape index (κ2) is 6.21. The number of aromatic hydroxyl groups is 1. The van der Waals surface area contributed by atoms with Gasteiger partial charge in [-0.3, -0.25) is 0 Å². The van der Waals surface area contributed by atoms with E-state index in [0.29, 0.717) is 22.8 Å². The van der Waals surface area contributed by atoms with Crippen LogP contribution < -0.4 is 0 Å². The molecule has 0 aliphatic rings. The van der Waals surface area contributed by atoms with Crippen molar-refractivity contribution in [3.05, 3.63) is 66.1 Å². The molecule has 4 aromatic rings. The highest BCUT2D eigenvalue weighted by Crippen LogP contribution is 2.28. The average Bonchev–Trinajstić information content (AvgIpc) is 3.25. The minimum absolute atomic E-state index is 0.0990. The minimum Gasteiger partial charge on any atom is -0.493 e. The summed E-state index contributed by atoms with van der Waals surface area (Å²) in [4.78, 5) is 4.58. The molecule has 0 saturated carbocycles. The lowest BCUT2D eigenvalue weighted by Gasteiger charge is -2.05. The van der Waals surface area contributed by atoms with E-state index < -0.39 is 11.6 Å². The Morgan fingerprint density at radius 1 is 1.16 bits per heavy atom. The lowest BCUT2D eigenvalue weighted by atomic mass is 10.3. The fourth-order valence-corrected chi connectivity index (χ4v) is 3.23. The smallest absolute Gasteiger partial charge is 0.215 e. The summed E-state index contributed by atoms with van der Waals surface area (Å²) in [6.07, 6.45) is 1.53. The summed E-state index contributed by atoms with van der Waals surface area (Å²) < 4.78 is 33.5. The van der Waals surface area contributed by atoms with E-state index in [9.17, 15) is 13.9 Å². The molecule has 3 aromatic heterocycles. The summed E-state index contributed by atoms with van der Waals surface area (Å²) >= 11 is 1.10. The first-order chi connectivity index (χ1) is 12.1. The van der Waals surface area contributed by atoms with Gasteiger partial charge in [-0.25, -0.2) is 13.8 Å². The van der Waals surface area contributed by atoms with Crippen LogP contribution in [-0.2, 0) is 5.75 Å². The maximum absolute atomic E-state index is 13.7. The first kappa shape index (κ1) is 15.6. The van der Waals surface area contributed by atoms with Gasteiger partial charge >= 0.3 is 0 Å². The van der Waals surface area contributed by atoms with Gasteiger partial charge in [-0.05, 0) is 24.3 Å². The number of furan rings is 1. The van der Waals surface area contributed by atoms with Gasteiger partial charge in [-0.2, -0.15) is 9.61 Å². The maximum atomic E-state index is 13.7. The van der Waals surface area contributed by atoms with Crippen LogP contribution in [0.3, 0.4) is 0 Å². The van der Waals surface area contributed by atoms with Crippen molar-refractivity contribution in [2.24, 2.45) is 0 Å². The predicted molar refractivity (Wildman–Crippen MR) is 88.3 cm³/mol. The lowest BCUT2D eigenvalue weighted by Crippen LogP contribution is -1.96. The van der Waals surface area contributed by atoms with Gasteiger partial charge < -0.3 is 9.52 Å². The molecule has 1 aromatic carbocycles. The molecule has 3 heterocycles. The molecule has 0 atom stereocenters. The Balaban J connectivity index is 1.63. The number of rotatable bonds is 4. The summed E-state index contributed by atoms with van der Waals surface area (Å²) in [5, 5.41) is 14.4. The summed E-state index contributed by atoms with van der Waals surface area (Å²) in [6.45, 7) is 0. The third-order valence-electron chi connectivity index (χ3n) is 3.53. The molecule has 0 spiro atoms. The van der Waals surface area contributed by atoms with Gasteiger partial charge in [0.2, 0.25) is 5.88 Å². The number of hydrogen-bond acceptors (Lipinski definition) is 5. The van der Waals surface area contributed by atoms with Crippen LogP contribution in [0, 0.1) is 11.6 Å². The van der Waals surface area contributed by atoms with Gasteiger partial charge in [0.15, 0.2) is 23.0 Å². The van der Waals surface area contributed by atoms with Crippen LogP contribution in [0.1, 0.15) is 5.69 Å². The molecule has 1 N–H and O–H groups in total. The van der Waals surface area contributed by atoms with Gasteiger partial charge in [0, 0.05) is 22.8 Å². The van der Waals surface area contributed by atoms with E-state index in [0.717, 1.165) is 17.8 Å². The van der Waals surface area contributed by atoms with Crippen LogP contribution >= 0.6 is 11.8 Å². The molecule has 0 unspecified atom stereocenters. The number of aromatic nitrogens is 3. The summed E-state index contributed by atoms with van der Waals surface area (Å²) in [7, 11) is 0. The molecule has 5 nitrogen and oxygen atoms in total. The van der Waals surface area contributed by atoms with E-state index in [2.05, 4.69) is 10.1 Å². The number of hydrogen-bond donors (Lipinski definition) is 1. The van der Waals surface area contributed by atoms with Crippen LogP contribution in [-0.4, -0.2) is 19.7 Å². The predicted octanol–water partition coefficient (Wildman–Crippen LogP) is 4.27. The minimum atomic E-state index is -0.893. The van der Waals surface area contributed by atoms with Crippen molar-refractivity contribution in [3.8, 4) is 17.3 Å². The molecule has 0 aliphatic carbocycles. The normalized spacial score (nSPS) is 11.3. The van der Waals surface area contributed by atoms with Crippen LogP contribution in [0.15, 0.2) is 58.0 Å². The van der Waals surface area contributed by atoms with Crippen molar-refractivity contribution in [1.29, 1.82) is 0 Å². The highest BCUT2D eigenvalue weighted by molar-refractivity contribution is 7.98. The molecule has 4 rings (SSSR count). The van der Waals surface area contributed by atoms with Crippen molar-refractivity contribution in [3.63, 3.8) is 0 Å². The van der Waals surface area contributed by atoms with Crippen LogP contribution in [0.5, 0.6) is 5.88 Å². The van der Waals surface area contributed by atoms with Crippen molar-refractivity contribution in [1.82, 2.24) is 14.6 Å². The van der Waals surface area contributed by atoms with Crippen LogP contribution in [0.2, 0.25) is 0 Å². The topological polar surface area (TPSA) is 63.6 Å². The van der Waals surface area contributed by atoms with Gasteiger partial charge in [-0.1, -0.05) is 6.07 Å². The third-order valence-corrected chi connectivity index (χ3v) is 4.59. The highest BCUT2D eigenvalue weighted by Gasteiger charge is 2.13. The van der Waals surface area contributed by atoms with E-state index in [1.807, 2.05) is 0 Å². The molecule has 0 bridgehead atoms. The zero-order valence-electron chi connectivity index (χ0n) is 12.7. The first-order valence-electron chi connectivity index (χ1n) is 7.31. The second-order valence-electron chi connectivity index (χ2n) is 5.22. The zero-order valence-corrected chi connectivity index (χ0v) is 13.5. The Kier molecular flexibility index (Phi) is 3.89. The van der Waals surface area contributed by atoms with Crippen molar-refractivity contribution in [2.75, 3.05) is 0 Å². The molecule has 0 aliphatic heterocycles. The number of halogens is 2. The Morgan fingerprint density at radius 2 is 2.04 bits per heavy atom. The Bertz CT molecular complexity index is 1050. The lowest BCUT2D eigenvalue weighted by molar-refractivity contribution is 0.434. The van der Waals surface area contributed by atoms with E-state index >= 15 is 0 Å². The molecular weight excluding hydrogens is 348 g/mol. The number of fused-ring (bicyclic) bond motifs is 1. The summed E-state index contributed by atoms with van der Waals surface area (Å²) in [5.41, 5.74) is 1.49. The van der Waals surface area contributed by atoms with E-state index in [1.54, 1.807) is 18.2 Å². The Labute approximate surface area is 144 Å². The third kappa shape index (κ3) is 2.96. The van der Waals surface area contributed by atoms with E-state index in [4.69, 9.17) is 4.42 Å². The SMILES string of the molecule is Oc1cc(CSc2cccc(F)c2F)nc2cc(-c3ccco3)nn12. The standard InChI is InChI=1S/C17H11F2N3O2S/c18-11-3-1-5-14(17(11)19)25-9-10-7-16(23)22-15(20-10)8-12(21-22)13-4-2-6-24-13/h1-8,23H,9H2. The first-order valence-corrected chi connectivity index (χ1v) is 8.30. The van der Waals surface area contributed by atoms with Crippen LogP contribution in [0.25, 0.3) is 17.1 Å². The summed E-state index contributed by atoms with van der Waals surface area (Å²) in [5.74, 6) is -1.05. The number of nitrogens with zero attached hydrogens (tertiary/aromatic N) is 3. The van der Waals surface area contributed by atoms with Crippen molar-refractivity contribution >= 4 is 17.4 Å². The zero-order chi connectivity index (χ0) is 17.4. The van der Waals surface area contributed by atoms with E-state index in [-0.39, 0.29) is 16.5 Å². The van der Waals surface area contributed by atoms with Gasteiger partial charge in [0.1, 0.15) is 5.69 Å². The monoisotopic (exact) mass is 359 g/mol. The molecule has 0 amide bonds. The van der Waals surface area contributed by atoms with Crippen molar-refractivity contribution < 1.29 is 18.3 Å². The number of thioether (sulfide) groups is 1. The maximum Gasteiger partial charge on any atom is 0.215 e. The average molecular weight is 359 g/mol. The quantitative estimate of drug-likeness (QED) is 0.552. The molecular formula is C17H11F2N3O2S. The van der Waals surface area contributed by atoms with Crippen molar-refractivity contribution in [2.45, 2.75) is 10.6 Å². The Hall–Kier alpha value is -2.87. The largest absolute Gasteiger partial charge is 0.493 e. The number of benzene rings is 1. The molecule has 25 heavy (non-hydrogen) atoms. The molecule has 8 heteroatoms. The van der Waals surface area contributed by atoms with Crippen LogP contribution in [0.4, 0.5) is 8.78 Å². The fourth-order valence-electron chi connectivity index (χ4n) is 2.37. The molecule has 0 radical (unpaired) electrons.